The number of fused-ring (bicyclic) bond motifs is 1. The first-order valence-corrected chi connectivity index (χ1v) is 8.61. The van der Waals surface area contributed by atoms with E-state index in [1.165, 1.54) is 12.5 Å². The lowest BCUT2D eigenvalue weighted by Crippen LogP contribution is -2.41. The van der Waals surface area contributed by atoms with E-state index < -0.39 is 0 Å². The number of carbonyl (C=O) groups is 2. The number of hydrogen-bond acceptors (Lipinski definition) is 3. The zero-order valence-corrected chi connectivity index (χ0v) is 14.5. The van der Waals surface area contributed by atoms with E-state index in [1.54, 1.807) is 35.4 Å². The minimum absolute atomic E-state index is 0.0385. The molecule has 0 saturated heterocycles. The van der Waals surface area contributed by atoms with Crippen LogP contribution in [0.15, 0.2) is 67.0 Å². The molecule has 26 heavy (non-hydrogen) atoms. The lowest BCUT2D eigenvalue weighted by molar-refractivity contribution is 0.0702. The van der Waals surface area contributed by atoms with Crippen molar-refractivity contribution in [3.8, 4) is 0 Å². The number of ketones is 1. The summed E-state index contributed by atoms with van der Waals surface area (Å²) < 4.78 is 1.88. The SMILES string of the molecule is CC(=O)c1ccccc1C(=O)N1Cc2ccccc2[C@@H](n2cccn2)C1. The Morgan fingerprint density at radius 1 is 1.00 bits per heavy atom. The third kappa shape index (κ3) is 2.81. The van der Waals surface area contributed by atoms with Crippen molar-refractivity contribution in [3.63, 3.8) is 0 Å². The lowest BCUT2D eigenvalue weighted by atomic mass is 9.94. The molecule has 5 nitrogen and oxygen atoms in total. The fourth-order valence-electron chi connectivity index (χ4n) is 3.57. The number of nitrogens with zero attached hydrogens (tertiary/aromatic N) is 3. The highest BCUT2D eigenvalue weighted by molar-refractivity contribution is 6.07. The maximum absolute atomic E-state index is 13.2. The van der Waals surface area contributed by atoms with E-state index in [-0.39, 0.29) is 17.7 Å². The van der Waals surface area contributed by atoms with Crippen molar-refractivity contribution in [1.82, 2.24) is 14.7 Å². The molecule has 130 valence electrons. The van der Waals surface area contributed by atoms with E-state index in [1.807, 2.05) is 35.1 Å². The van der Waals surface area contributed by atoms with Crippen molar-refractivity contribution in [2.75, 3.05) is 6.54 Å². The number of aromatic nitrogens is 2. The van der Waals surface area contributed by atoms with Crippen LogP contribution < -0.4 is 0 Å². The number of hydrogen-bond donors (Lipinski definition) is 0. The van der Waals surface area contributed by atoms with Crippen molar-refractivity contribution >= 4 is 11.7 Å². The van der Waals surface area contributed by atoms with Crippen LogP contribution in [0, 0.1) is 0 Å². The molecule has 0 N–H and O–H groups in total. The van der Waals surface area contributed by atoms with Gasteiger partial charge in [0.2, 0.25) is 0 Å². The smallest absolute Gasteiger partial charge is 0.254 e. The Balaban J connectivity index is 1.73. The Bertz CT molecular complexity index is 963. The predicted octanol–water partition coefficient (Wildman–Crippen LogP) is 3.33. The van der Waals surface area contributed by atoms with Crippen LogP contribution >= 0.6 is 0 Å². The van der Waals surface area contributed by atoms with Gasteiger partial charge in [0.15, 0.2) is 5.78 Å². The monoisotopic (exact) mass is 345 g/mol. The van der Waals surface area contributed by atoms with Crippen molar-refractivity contribution in [2.24, 2.45) is 0 Å². The van der Waals surface area contributed by atoms with Crippen molar-refractivity contribution < 1.29 is 9.59 Å². The molecule has 3 aromatic rings. The second-order valence-electron chi connectivity index (χ2n) is 6.49. The Hall–Kier alpha value is -3.21. The van der Waals surface area contributed by atoms with Crippen LogP contribution in [0.3, 0.4) is 0 Å². The summed E-state index contributed by atoms with van der Waals surface area (Å²) in [5, 5.41) is 4.38. The van der Waals surface area contributed by atoms with Gasteiger partial charge >= 0.3 is 0 Å². The Labute approximate surface area is 151 Å². The van der Waals surface area contributed by atoms with Crippen LogP contribution in [0.4, 0.5) is 0 Å². The molecule has 0 unspecified atom stereocenters. The molecule has 1 aliphatic rings. The molecule has 0 spiro atoms. The first kappa shape index (κ1) is 16.3. The van der Waals surface area contributed by atoms with Crippen LogP contribution in [0.5, 0.6) is 0 Å². The van der Waals surface area contributed by atoms with Gasteiger partial charge < -0.3 is 4.90 Å². The number of Topliss-reactive ketones (excluding diaryl/α,β-unsaturated/α-hetero) is 1. The summed E-state index contributed by atoms with van der Waals surface area (Å²) in [5.74, 6) is -0.225. The Kier molecular flexibility index (Phi) is 4.13. The van der Waals surface area contributed by atoms with Gasteiger partial charge in [-0.25, -0.2) is 0 Å². The molecule has 0 aliphatic carbocycles. The van der Waals surface area contributed by atoms with Crippen LogP contribution in [-0.2, 0) is 6.54 Å². The average molecular weight is 345 g/mol. The van der Waals surface area contributed by atoms with Crippen molar-refractivity contribution in [3.05, 3.63) is 89.2 Å². The van der Waals surface area contributed by atoms with Gasteiger partial charge in [0.1, 0.15) is 0 Å². The Morgan fingerprint density at radius 3 is 2.46 bits per heavy atom. The first-order chi connectivity index (χ1) is 12.6. The molecule has 4 rings (SSSR count). The third-order valence-corrected chi connectivity index (χ3v) is 4.84. The summed E-state index contributed by atoms with van der Waals surface area (Å²) in [6.45, 7) is 2.53. The minimum atomic E-state index is -0.123. The van der Waals surface area contributed by atoms with Gasteiger partial charge in [0.25, 0.3) is 5.91 Å². The Morgan fingerprint density at radius 2 is 1.73 bits per heavy atom. The standard InChI is InChI=1S/C21H19N3O2/c1-15(25)17-8-4-5-10-19(17)21(26)23-13-16-7-2-3-9-18(16)20(14-23)24-12-6-11-22-24/h2-12,20H,13-14H2,1H3/t20-/m0/s1. The summed E-state index contributed by atoms with van der Waals surface area (Å²) in [6.07, 6.45) is 3.66. The molecule has 1 amide bonds. The van der Waals surface area contributed by atoms with E-state index in [4.69, 9.17) is 0 Å². The first-order valence-electron chi connectivity index (χ1n) is 8.61. The van der Waals surface area contributed by atoms with Gasteiger partial charge in [-0.3, -0.25) is 14.3 Å². The molecular weight excluding hydrogens is 326 g/mol. The zero-order valence-electron chi connectivity index (χ0n) is 14.5. The highest BCUT2D eigenvalue weighted by Gasteiger charge is 2.30. The lowest BCUT2D eigenvalue weighted by Gasteiger charge is -2.35. The summed E-state index contributed by atoms with van der Waals surface area (Å²) in [7, 11) is 0. The topological polar surface area (TPSA) is 55.2 Å². The maximum Gasteiger partial charge on any atom is 0.254 e. The molecule has 5 heteroatoms. The third-order valence-electron chi connectivity index (χ3n) is 4.84. The van der Waals surface area contributed by atoms with E-state index in [2.05, 4.69) is 11.2 Å². The van der Waals surface area contributed by atoms with E-state index in [0.717, 1.165) is 5.56 Å². The fourth-order valence-corrected chi connectivity index (χ4v) is 3.57. The maximum atomic E-state index is 13.2. The van der Waals surface area contributed by atoms with Gasteiger partial charge in [-0.05, 0) is 30.2 Å². The second kappa shape index (κ2) is 6.59. The van der Waals surface area contributed by atoms with E-state index >= 15 is 0 Å². The number of rotatable bonds is 3. The molecular formula is C21H19N3O2. The van der Waals surface area contributed by atoms with Crippen LogP contribution in [0.2, 0.25) is 0 Å². The van der Waals surface area contributed by atoms with Gasteiger partial charge in [-0.2, -0.15) is 5.10 Å². The van der Waals surface area contributed by atoms with E-state index in [9.17, 15) is 9.59 Å². The van der Waals surface area contributed by atoms with E-state index in [0.29, 0.717) is 24.2 Å². The van der Waals surface area contributed by atoms with Crippen LogP contribution in [-0.4, -0.2) is 32.9 Å². The molecule has 0 fully saturated rings. The second-order valence-corrected chi connectivity index (χ2v) is 6.49. The average Bonchev–Trinajstić information content (AvgIpc) is 3.21. The van der Waals surface area contributed by atoms with Gasteiger partial charge in [-0.1, -0.05) is 42.5 Å². The van der Waals surface area contributed by atoms with Gasteiger partial charge in [0.05, 0.1) is 11.6 Å². The predicted molar refractivity (Wildman–Crippen MR) is 98.0 cm³/mol. The normalized spacial score (nSPS) is 16.2. The van der Waals surface area contributed by atoms with Crippen molar-refractivity contribution in [1.29, 1.82) is 0 Å². The van der Waals surface area contributed by atoms with Crippen molar-refractivity contribution in [2.45, 2.75) is 19.5 Å². The van der Waals surface area contributed by atoms with Crippen LogP contribution in [0.1, 0.15) is 44.8 Å². The molecule has 0 radical (unpaired) electrons. The summed E-state index contributed by atoms with van der Waals surface area (Å²) >= 11 is 0. The van der Waals surface area contributed by atoms with Gasteiger partial charge in [-0.15, -0.1) is 0 Å². The largest absolute Gasteiger partial charge is 0.332 e. The van der Waals surface area contributed by atoms with Crippen LogP contribution in [0.25, 0.3) is 0 Å². The summed E-state index contributed by atoms with van der Waals surface area (Å²) in [4.78, 5) is 26.9. The molecule has 0 saturated carbocycles. The molecule has 1 aliphatic heterocycles. The molecule has 2 aromatic carbocycles. The minimum Gasteiger partial charge on any atom is -0.332 e. The molecule has 1 aromatic heterocycles. The molecule has 1 atom stereocenters. The molecule has 0 bridgehead atoms. The number of carbonyl (C=O) groups excluding carboxylic acids is 2. The zero-order chi connectivity index (χ0) is 18.1. The number of amides is 1. The molecule has 2 heterocycles. The quantitative estimate of drug-likeness (QED) is 0.684. The highest BCUT2D eigenvalue weighted by atomic mass is 16.2. The summed E-state index contributed by atoms with van der Waals surface area (Å²) in [5.41, 5.74) is 3.21. The summed E-state index contributed by atoms with van der Waals surface area (Å²) in [6, 6.07) is 17.0. The number of benzene rings is 2. The highest BCUT2D eigenvalue weighted by Crippen LogP contribution is 2.30. The van der Waals surface area contributed by atoms with Gasteiger partial charge in [0, 0.05) is 31.0 Å². The fraction of sp³-hybridized carbons (Fsp3) is 0.190.